The van der Waals surface area contributed by atoms with E-state index in [1.54, 1.807) is 20.8 Å². The third-order valence-corrected chi connectivity index (χ3v) is 9.29. The summed E-state index contributed by atoms with van der Waals surface area (Å²) in [6.45, 7) is 5.10. The van der Waals surface area contributed by atoms with Gasteiger partial charge in [0.15, 0.2) is 6.10 Å². The summed E-state index contributed by atoms with van der Waals surface area (Å²) in [7, 11) is 0. The van der Waals surface area contributed by atoms with Gasteiger partial charge in [-0.3, -0.25) is 14.5 Å². The Hall–Kier alpha value is -4.30. The fourth-order valence-corrected chi connectivity index (χ4v) is 6.90. The molecule has 0 spiro atoms. The lowest BCUT2D eigenvalue weighted by Gasteiger charge is -2.49. The summed E-state index contributed by atoms with van der Waals surface area (Å²) < 4.78 is 12.2. The van der Waals surface area contributed by atoms with Crippen molar-refractivity contribution in [2.75, 3.05) is 10.2 Å². The van der Waals surface area contributed by atoms with E-state index >= 15 is 0 Å². The van der Waals surface area contributed by atoms with Crippen molar-refractivity contribution in [2.24, 2.45) is 0 Å². The first kappa shape index (κ1) is 35.0. The number of alkyl carbamates (subject to hydrolysis) is 1. The van der Waals surface area contributed by atoms with Gasteiger partial charge < -0.3 is 25.2 Å². The lowest BCUT2D eigenvalue weighted by Crippen LogP contribution is -2.71. The van der Waals surface area contributed by atoms with Crippen LogP contribution < -0.4 is 10.6 Å². The highest BCUT2D eigenvalue weighted by molar-refractivity contribution is 14.1. The van der Waals surface area contributed by atoms with E-state index < -0.39 is 53.0 Å². The summed E-state index contributed by atoms with van der Waals surface area (Å²) in [6.07, 6.45) is 2.20. The standard InChI is InChI=1S/C36H36IN3O7S/c1-36(2,3)47-35(45)39-27(22-16-18-26(41)19-17-22)31(42)38-28-32(43)40-29(25(15-10-20-37)21-48-33(28)40)34(44)46-30(23-11-6-4-7-12-23)24-13-8-5-9-14-24/h4-19,27-28,30,33,41H,20-21H2,1-3H3,(H,38,42)(H,39,45)/b15-10+/t27-,28-,33-/m1/s1. The number of allylic oxidation sites excluding steroid dienone is 2. The largest absolute Gasteiger partial charge is 0.508 e. The molecule has 2 aliphatic heterocycles. The molecule has 3 atom stereocenters. The monoisotopic (exact) mass is 781 g/mol. The SMILES string of the molecule is CC(C)(C)OC(=O)N[C@@H](C(=O)N[C@@H]1C(=O)N2C(C(=O)OC(c3ccccc3)c3ccccc3)=C(/C=C/CI)CS[C@H]12)c1ccc(O)cc1. The molecule has 48 heavy (non-hydrogen) atoms. The van der Waals surface area contributed by atoms with Crippen LogP contribution in [0.5, 0.6) is 5.75 Å². The van der Waals surface area contributed by atoms with Gasteiger partial charge in [-0.1, -0.05) is 108 Å². The number of carbonyl (C=O) groups excluding carboxylic acids is 4. The van der Waals surface area contributed by atoms with Crippen LogP contribution in [0.3, 0.4) is 0 Å². The van der Waals surface area contributed by atoms with Gasteiger partial charge in [-0.05, 0) is 55.2 Å². The van der Waals surface area contributed by atoms with Crippen LogP contribution in [0, 0.1) is 0 Å². The molecule has 3 aromatic carbocycles. The van der Waals surface area contributed by atoms with Gasteiger partial charge in [0.25, 0.3) is 5.91 Å². The molecule has 1 fully saturated rings. The molecule has 1 saturated heterocycles. The van der Waals surface area contributed by atoms with Gasteiger partial charge in [-0.25, -0.2) is 9.59 Å². The summed E-state index contributed by atoms with van der Waals surface area (Å²) in [5.41, 5.74) is 1.89. The van der Waals surface area contributed by atoms with Crippen molar-refractivity contribution in [1.82, 2.24) is 15.5 Å². The van der Waals surface area contributed by atoms with Crippen LogP contribution >= 0.6 is 34.4 Å². The maximum atomic E-state index is 14.1. The zero-order valence-corrected chi connectivity index (χ0v) is 29.6. The molecule has 0 bridgehead atoms. The number of esters is 1. The van der Waals surface area contributed by atoms with Crippen molar-refractivity contribution in [2.45, 2.75) is 49.9 Å². The molecule has 0 unspecified atom stereocenters. The Bertz CT molecular complexity index is 1670. The summed E-state index contributed by atoms with van der Waals surface area (Å²) in [5.74, 6) is -1.40. The maximum absolute atomic E-state index is 14.1. The summed E-state index contributed by atoms with van der Waals surface area (Å²) in [4.78, 5) is 55.6. The average molecular weight is 782 g/mol. The van der Waals surface area contributed by atoms with E-state index in [4.69, 9.17) is 9.47 Å². The second kappa shape index (κ2) is 15.3. The second-order valence-electron chi connectivity index (χ2n) is 12.1. The molecule has 3 N–H and O–H groups in total. The molecule has 3 amide bonds. The van der Waals surface area contributed by atoms with Crippen molar-refractivity contribution in [3.63, 3.8) is 0 Å². The number of halogens is 1. The zero-order valence-electron chi connectivity index (χ0n) is 26.6. The lowest BCUT2D eigenvalue weighted by atomic mass is 9.99. The fourth-order valence-electron chi connectivity index (χ4n) is 5.32. The molecule has 0 radical (unpaired) electrons. The number of hydrogen-bond acceptors (Lipinski definition) is 8. The van der Waals surface area contributed by atoms with Crippen molar-refractivity contribution in [3.05, 3.63) is 125 Å². The van der Waals surface area contributed by atoms with Crippen molar-refractivity contribution in [1.29, 1.82) is 0 Å². The van der Waals surface area contributed by atoms with Crippen LogP contribution in [0.2, 0.25) is 0 Å². The minimum atomic E-state index is -1.23. The Morgan fingerprint density at radius 2 is 1.58 bits per heavy atom. The number of β-lactam (4-membered cyclic amide) rings is 1. The second-order valence-corrected chi connectivity index (χ2v) is 14.1. The zero-order chi connectivity index (χ0) is 34.4. The topological polar surface area (TPSA) is 134 Å². The molecular weight excluding hydrogens is 745 g/mol. The molecule has 0 saturated carbocycles. The Morgan fingerprint density at radius 1 is 0.979 bits per heavy atom. The third-order valence-electron chi connectivity index (χ3n) is 7.48. The molecule has 0 aromatic heterocycles. The number of benzene rings is 3. The molecule has 5 rings (SSSR count). The van der Waals surface area contributed by atoms with E-state index in [2.05, 4.69) is 33.2 Å². The number of phenols is 1. The van der Waals surface area contributed by atoms with Crippen LogP contribution in [-0.4, -0.2) is 61.1 Å². The number of alkyl halides is 1. The Labute approximate surface area is 297 Å². The molecule has 10 nitrogen and oxygen atoms in total. The number of nitrogens with zero attached hydrogens (tertiary/aromatic N) is 1. The van der Waals surface area contributed by atoms with Gasteiger partial charge in [0, 0.05) is 10.2 Å². The highest BCUT2D eigenvalue weighted by Crippen LogP contribution is 2.42. The van der Waals surface area contributed by atoms with Crippen molar-refractivity contribution < 1.29 is 33.8 Å². The quantitative estimate of drug-likeness (QED) is 0.0998. The Kier molecular flexibility index (Phi) is 11.2. The minimum Gasteiger partial charge on any atom is -0.508 e. The van der Waals surface area contributed by atoms with E-state index in [9.17, 15) is 24.3 Å². The number of nitrogens with one attached hydrogen (secondary N) is 2. The van der Waals surface area contributed by atoms with Crippen LogP contribution in [0.4, 0.5) is 4.79 Å². The van der Waals surface area contributed by atoms with Crippen LogP contribution in [0.25, 0.3) is 0 Å². The molecule has 2 heterocycles. The predicted molar refractivity (Wildman–Crippen MR) is 191 cm³/mol. The number of rotatable bonds is 10. The van der Waals surface area contributed by atoms with Gasteiger partial charge in [0.2, 0.25) is 5.91 Å². The fraction of sp³-hybridized carbons (Fsp3) is 0.278. The molecule has 2 aliphatic rings. The van der Waals surface area contributed by atoms with E-state index in [-0.39, 0.29) is 11.4 Å². The van der Waals surface area contributed by atoms with Crippen LogP contribution in [0.15, 0.2) is 108 Å². The third kappa shape index (κ3) is 8.21. The average Bonchev–Trinajstić information content (AvgIpc) is 3.07. The first-order chi connectivity index (χ1) is 23.0. The number of amides is 3. The van der Waals surface area contributed by atoms with Gasteiger partial charge in [-0.15, -0.1) is 11.8 Å². The van der Waals surface area contributed by atoms with Crippen LogP contribution in [0.1, 0.15) is 49.6 Å². The molecule has 12 heteroatoms. The summed E-state index contributed by atoms with van der Waals surface area (Å²) in [5, 5.41) is 14.6. The molecular formula is C36H36IN3O7S. The van der Waals surface area contributed by atoms with Gasteiger partial charge in [-0.2, -0.15) is 0 Å². The number of thioether (sulfide) groups is 1. The first-order valence-electron chi connectivity index (χ1n) is 15.3. The molecule has 250 valence electrons. The van der Waals surface area contributed by atoms with Gasteiger partial charge >= 0.3 is 12.1 Å². The van der Waals surface area contributed by atoms with E-state index in [1.807, 2.05) is 72.8 Å². The summed E-state index contributed by atoms with van der Waals surface area (Å²) in [6, 6.07) is 22.4. The Balaban J connectivity index is 1.39. The number of aromatic hydroxyl groups is 1. The van der Waals surface area contributed by atoms with Crippen molar-refractivity contribution in [3.8, 4) is 5.75 Å². The molecule has 0 aliphatic carbocycles. The molecule has 3 aromatic rings. The predicted octanol–water partition coefficient (Wildman–Crippen LogP) is 5.94. The highest BCUT2D eigenvalue weighted by Gasteiger charge is 2.55. The summed E-state index contributed by atoms with van der Waals surface area (Å²) >= 11 is 3.62. The maximum Gasteiger partial charge on any atom is 0.408 e. The lowest BCUT2D eigenvalue weighted by molar-refractivity contribution is -0.154. The van der Waals surface area contributed by atoms with Crippen LogP contribution in [-0.2, 0) is 23.9 Å². The van der Waals surface area contributed by atoms with Crippen molar-refractivity contribution >= 4 is 58.2 Å². The number of ether oxygens (including phenoxy) is 2. The smallest absolute Gasteiger partial charge is 0.408 e. The Morgan fingerprint density at radius 3 is 2.15 bits per heavy atom. The number of phenolic OH excluding ortho intramolecular Hbond substituents is 1. The highest BCUT2D eigenvalue weighted by atomic mass is 127. The van der Waals surface area contributed by atoms with E-state index in [0.717, 1.165) is 11.1 Å². The van der Waals surface area contributed by atoms with E-state index in [0.29, 0.717) is 21.3 Å². The first-order valence-corrected chi connectivity index (χ1v) is 17.8. The number of carbonyl (C=O) groups is 4. The normalized spacial score (nSPS) is 18.2. The number of hydrogen-bond donors (Lipinski definition) is 3. The number of fused-ring (bicyclic) bond motifs is 1. The minimum absolute atomic E-state index is 0.0148. The van der Waals surface area contributed by atoms with Gasteiger partial charge in [0.1, 0.15) is 34.5 Å². The van der Waals surface area contributed by atoms with E-state index in [1.165, 1.54) is 40.9 Å². The van der Waals surface area contributed by atoms with Gasteiger partial charge in [0.05, 0.1) is 0 Å².